The highest BCUT2D eigenvalue weighted by Gasteiger charge is 2.27. The lowest BCUT2D eigenvalue weighted by Crippen LogP contribution is -2.27. The van der Waals surface area contributed by atoms with Gasteiger partial charge in [-0.2, -0.15) is 0 Å². The Balaban J connectivity index is 1.97. The Morgan fingerprint density at radius 1 is 1.40 bits per heavy atom. The van der Waals surface area contributed by atoms with Crippen LogP contribution < -0.4 is 15.8 Å². The minimum Gasteiger partial charge on any atom is -0.496 e. The number of primary amides is 1. The molecule has 2 amide bonds. The van der Waals surface area contributed by atoms with Crippen LogP contribution in [0.15, 0.2) is 18.2 Å². The number of likely N-dealkylation sites (N-methyl/N-ethyl adjacent to an activating group) is 1. The minimum atomic E-state index is -0.532. The number of nitrogens with one attached hydrogen (secondary N) is 1. The van der Waals surface area contributed by atoms with Gasteiger partial charge < -0.3 is 20.7 Å². The molecule has 0 unspecified atom stereocenters. The summed E-state index contributed by atoms with van der Waals surface area (Å²) in [7, 11) is 3.50. The summed E-state index contributed by atoms with van der Waals surface area (Å²) in [5.74, 6) is -0.521. The number of nitrogens with zero attached hydrogens (tertiary/aromatic N) is 1. The molecule has 0 radical (unpaired) electrons. The van der Waals surface area contributed by atoms with E-state index in [0.29, 0.717) is 26.9 Å². The molecule has 0 fully saturated rings. The van der Waals surface area contributed by atoms with Gasteiger partial charge in [0, 0.05) is 23.0 Å². The van der Waals surface area contributed by atoms with Crippen LogP contribution in [0.3, 0.4) is 0 Å². The van der Waals surface area contributed by atoms with Crippen molar-refractivity contribution in [2.75, 3.05) is 26.0 Å². The number of thiophene rings is 1. The van der Waals surface area contributed by atoms with Crippen molar-refractivity contribution in [2.45, 2.75) is 13.0 Å². The van der Waals surface area contributed by atoms with Gasteiger partial charge in [-0.15, -0.1) is 11.3 Å². The second kappa shape index (κ2) is 7.03. The third-order valence-electron chi connectivity index (χ3n) is 4.13. The van der Waals surface area contributed by atoms with Crippen LogP contribution in [-0.4, -0.2) is 37.4 Å². The van der Waals surface area contributed by atoms with Crippen molar-refractivity contribution in [3.63, 3.8) is 0 Å². The van der Waals surface area contributed by atoms with E-state index in [2.05, 4.69) is 10.2 Å². The third-order valence-corrected chi connectivity index (χ3v) is 5.49. The number of hydrogen-bond donors (Lipinski definition) is 2. The van der Waals surface area contributed by atoms with Gasteiger partial charge in [-0.25, -0.2) is 0 Å². The number of hydrogen-bond acceptors (Lipinski definition) is 5. The second-order valence-electron chi connectivity index (χ2n) is 5.86. The predicted molar refractivity (Wildman–Crippen MR) is 98.8 cm³/mol. The molecule has 132 valence electrons. The average Bonchev–Trinajstić information content (AvgIpc) is 2.91. The Kier molecular flexibility index (Phi) is 4.99. The highest BCUT2D eigenvalue weighted by atomic mass is 35.5. The molecule has 6 nitrogen and oxygen atoms in total. The summed E-state index contributed by atoms with van der Waals surface area (Å²) >= 11 is 7.37. The highest BCUT2D eigenvalue weighted by Crippen LogP contribution is 2.37. The van der Waals surface area contributed by atoms with Crippen molar-refractivity contribution < 1.29 is 14.3 Å². The zero-order valence-electron chi connectivity index (χ0n) is 13.9. The van der Waals surface area contributed by atoms with Gasteiger partial charge in [0.2, 0.25) is 0 Å². The van der Waals surface area contributed by atoms with Gasteiger partial charge in [0.05, 0.1) is 18.2 Å². The fourth-order valence-corrected chi connectivity index (χ4v) is 4.41. The first-order valence-corrected chi connectivity index (χ1v) is 8.88. The largest absolute Gasteiger partial charge is 0.496 e. The normalized spacial score (nSPS) is 14.0. The van der Waals surface area contributed by atoms with Crippen LogP contribution in [0.25, 0.3) is 0 Å². The van der Waals surface area contributed by atoms with Gasteiger partial charge in [0.1, 0.15) is 10.8 Å². The lowest BCUT2D eigenvalue weighted by molar-refractivity contribution is 0.1000. The predicted octanol–water partition coefficient (Wildman–Crippen LogP) is 2.75. The standard InChI is InChI=1S/C17H18ClN3O3S/c1-21-6-5-10-13(8-21)25-17(14(10)15(19)22)20-16(23)11-7-9(18)3-4-12(11)24-2/h3-4,7H,5-6,8H2,1-2H3,(H2,19,22)(H,20,23). The van der Waals surface area contributed by atoms with E-state index in [4.69, 9.17) is 22.1 Å². The number of fused-ring (bicyclic) bond motifs is 1. The summed E-state index contributed by atoms with van der Waals surface area (Å²) in [6.07, 6.45) is 0.733. The number of carbonyl (C=O) groups is 2. The van der Waals surface area contributed by atoms with Crippen LogP contribution in [0.4, 0.5) is 5.00 Å². The fraction of sp³-hybridized carbons (Fsp3) is 0.294. The molecule has 0 atom stereocenters. The number of benzene rings is 1. The number of rotatable bonds is 4. The molecule has 1 aliphatic heterocycles. The van der Waals surface area contributed by atoms with E-state index >= 15 is 0 Å². The van der Waals surface area contributed by atoms with Crippen LogP contribution >= 0.6 is 22.9 Å². The van der Waals surface area contributed by atoms with Crippen LogP contribution in [0.2, 0.25) is 5.02 Å². The molecule has 25 heavy (non-hydrogen) atoms. The molecule has 1 aromatic heterocycles. The first-order valence-electron chi connectivity index (χ1n) is 7.68. The van der Waals surface area contributed by atoms with Crippen molar-refractivity contribution in [1.82, 2.24) is 4.90 Å². The monoisotopic (exact) mass is 379 g/mol. The van der Waals surface area contributed by atoms with Crippen LogP contribution in [0.1, 0.15) is 31.2 Å². The lowest BCUT2D eigenvalue weighted by Gasteiger charge is -2.22. The van der Waals surface area contributed by atoms with Gasteiger partial charge in [-0.05, 0) is 37.2 Å². The molecule has 3 rings (SSSR count). The molecule has 2 heterocycles. The zero-order valence-corrected chi connectivity index (χ0v) is 15.5. The van der Waals surface area contributed by atoms with Crippen molar-refractivity contribution in [3.05, 3.63) is 44.8 Å². The molecule has 1 aromatic carbocycles. The number of anilines is 1. The van der Waals surface area contributed by atoms with E-state index in [0.717, 1.165) is 30.0 Å². The number of nitrogens with two attached hydrogens (primary N) is 1. The Hall–Kier alpha value is -2.09. The Bertz CT molecular complexity index is 850. The summed E-state index contributed by atoms with van der Waals surface area (Å²) in [6.45, 7) is 1.58. The molecule has 8 heteroatoms. The van der Waals surface area contributed by atoms with Crippen LogP contribution in [-0.2, 0) is 13.0 Å². The molecule has 0 bridgehead atoms. The maximum absolute atomic E-state index is 12.7. The minimum absolute atomic E-state index is 0.300. The van der Waals surface area contributed by atoms with Crippen molar-refractivity contribution in [3.8, 4) is 5.75 Å². The average molecular weight is 380 g/mol. The lowest BCUT2D eigenvalue weighted by atomic mass is 10.0. The molecular formula is C17H18ClN3O3S. The van der Waals surface area contributed by atoms with Gasteiger partial charge in [-0.3, -0.25) is 9.59 Å². The quantitative estimate of drug-likeness (QED) is 0.855. The number of carbonyl (C=O) groups excluding carboxylic acids is 2. The maximum atomic E-state index is 12.7. The summed E-state index contributed by atoms with van der Waals surface area (Å²) in [5, 5.41) is 3.70. The molecule has 0 aliphatic carbocycles. The SMILES string of the molecule is COc1ccc(Cl)cc1C(=O)Nc1sc2c(c1C(N)=O)CCN(C)C2. The second-order valence-corrected chi connectivity index (χ2v) is 7.40. The number of amides is 2. The van der Waals surface area contributed by atoms with Crippen LogP contribution in [0.5, 0.6) is 5.75 Å². The molecule has 2 aromatic rings. The first kappa shape index (κ1) is 17.7. The van der Waals surface area contributed by atoms with Gasteiger partial charge in [0.15, 0.2) is 0 Å². The molecular weight excluding hydrogens is 362 g/mol. The Labute approximate surface area is 154 Å². The van der Waals surface area contributed by atoms with Crippen molar-refractivity contribution in [1.29, 1.82) is 0 Å². The fourth-order valence-electron chi connectivity index (χ4n) is 2.91. The highest BCUT2D eigenvalue weighted by molar-refractivity contribution is 7.17. The van der Waals surface area contributed by atoms with E-state index < -0.39 is 11.8 Å². The zero-order chi connectivity index (χ0) is 18.1. The molecule has 3 N–H and O–H groups in total. The molecule has 0 saturated heterocycles. The van der Waals surface area contributed by atoms with Gasteiger partial charge in [-0.1, -0.05) is 11.6 Å². The van der Waals surface area contributed by atoms with E-state index in [1.54, 1.807) is 12.1 Å². The van der Waals surface area contributed by atoms with E-state index in [9.17, 15) is 9.59 Å². The molecule has 0 spiro atoms. The van der Waals surface area contributed by atoms with E-state index in [1.165, 1.54) is 24.5 Å². The maximum Gasteiger partial charge on any atom is 0.260 e. The summed E-state index contributed by atoms with van der Waals surface area (Å²) < 4.78 is 5.22. The van der Waals surface area contributed by atoms with E-state index in [-0.39, 0.29) is 0 Å². The number of halogens is 1. The van der Waals surface area contributed by atoms with Crippen LogP contribution in [0, 0.1) is 0 Å². The summed E-state index contributed by atoms with van der Waals surface area (Å²) in [4.78, 5) is 27.9. The first-order chi connectivity index (χ1) is 11.9. The Morgan fingerprint density at radius 3 is 2.84 bits per heavy atom. The summed E-state index contributed by atoms with van der Waals surface area (Å²) in [6, 6.07) is 4.80. The molecule has 0 saturated carbocycles. The summed E-state index contributed by atoms with van der Waals surface area (Å²) in [5.41, 5.74) is 7.21. The number of ether oxygens (including phenoxy) is 1. The Morgan fingerprint density at radius 2 is 2.16 bits per heavy atom. The topological polar surface area (TPSA) is 84.7 Å². The third kappa shape index (κ3) is 3.49. The smallest absolute Gasteiger partial charge is 0.260 e. The van der Waals surface area contributed by atoms with Crippen molar-refractivity contribution >= 4 is 39.8 Å². The number of methoxy groups -OCH3 is 1. The molecule has 1 aliphatic rings. The van der Waals surface area contributed by atoms with Gasteiger partial charge >= 0.3 is 0 Å². The van der Waals surface area contributed by atoms with Crippen molar-refractivity contribution in [2.24, 2.45) is 5.73 Å². The van der Waals surface area contributed by atoms with E-state index in [1.807, 2.05) is 7.05 Å². The van der Waals surface area contributed by atoms with Gasteiger partial charge in [0.25, 0.3) is 11.8 Å².